The van der Waals surface area contributed by atoms with Gasteiger partial charge in [0.1, 0.15) is 5.82 Å². The summed E-state index contributed by atoms with van der Waals surface area (Å²) in [6.45, 7) is 6.63. The van der Waals surface area contributed by atoms with Crippen LogP contribution in [0.1, 0.15) is 67.3 Å². The number of benzene rings is 2. The van der Waals surface area contributed by atoms with Crippen LogP contribution in [0.15, 0.2) is 47.6 Å². The van der Waals surface area contributed by atoms with Crippen LogP contribution >= 0.6 is 0 Å². The van der Waals surface area contributed by atoms with Crippen molar-refractivity contribution >= 4 is 22.7 Å². The second-order valence-electron chi connectivity index (χ2n) is 12.0. The van der Waals surface area contributed by atoms with E-state index in [1.54, 1.807) is 0 Å². The zero-order chi connectivity index (χ0) is 34.5. The molecule has 0 unspecified atom stereocenters. The van der Waals surface area contributed by atoms with Gasteiger partial charge in [-0.15, -0.1) is 5.10 Å². The smallest absolute Gasteiger partial charge is 0.394 e. The molecule has 0 atom stereocenters. The van der Waals surface area contributed by atoms with Crippen LogP contribution in [-0.4, -0.2) is 52.3 Å². The monoisotopic (exact) mass is 667 g/mol. The summed E-state index contributed by atoms with van der Waals surface area (Å²) in [6.07, 6.45) is -5.55. The number of hydrogen-bond donors (Lipinski definition) is 3. The number of nitrogens with two attached hydrogens (primary N) is 2. The molecule has 5 N–H and O–H groups in total. The summed E-state index contributed by atoms with van der Waals surface area (Å²) >= 11 is 0. The number of hydrazone groups is 1. The zero-order valence-electron chi connectivity index (χ0n) is 26.9. The Morgan fingerprint density at radius 3 is 2.00 bits per heavy atom. The Balaban J connectivity index is 0.00000245. The molecule has 0 radical (unpaired) electrons. The van der Waals surface area contributed by atoms with E-state index >= 15 is 0 Å². The summed E-state index contributed by atoms with van der Waals surface area (Å²) in [5.41, 5.74) is 5.70. The normalized spacial score (nSPS) is 15.3. The van der Waals surface area contributed by atoms with E-state index in [1.165, 1.54) is 4.90 Å². The minimum Gasteiger partial charge on any atom is -0.394 e. The Hall–Kier alpha value is -3.78. The highest BCUT2D eigenvalue weighted by atomic mass is 19.4. The number of guanidine groups is 1. The molecule has 2 fully saturated rings. The number of aliphatic hydroxyl groups excluding tert-OH is 1. The highest BCUT2D eigenvalue weighted by molar-refractivity contribution is 5.85. The molecule has 2 aliphatic carbocycles. The van der Waals surface area contributed by atoms with Gasteiger partial charge in [-0.1, -0.05) is 32.0 Å². The molecular formula is C33H43F6N7O. The SMILES string of the molecule is CC.Cc1cccc2cc(CN(Cc3cc(C(F)(F)F)cc(C(F)(F)F)c3)/C(N)=N/N(N)CCO)c(N(CC3CC3)CC3CC3)nc12. The fourth-order valence-corrected chi connectivity index (χ4v) is 5.34. The number of hydrogen-bond acceptors (Lipinski definition) is 6. The number of anilines is 1. The lowest BCUT2D eigenvalue weighted by molar-refractivity contribution is -0.143. The lowest BCUT2D eigenvalue weighted by Gasteiger charge is -2.30. The summed E-state index contributed by atoms with van der Waals surface area (Å²) in [6, 6.07) is 9.16. The van der Waals surface area contributed by atoms with Gasteiger partial charge in [0.2, 0.25) is 5.96 Å². The van der Waals surface area contributed by atoms with Crippen LogP contribution in [0.3, 0.4) is 0 Å². The molecule has 5 rings (SSSR count). The number of pyridine rings is 1. The van der Waals surface area contributed by atoms with Gasteiger partial charge >= 0.3 is 12.4 Å². The van der Waals surface area contributed by atoms with Crippen molar-refractivity contribution in [3.05, 3.63) is 70.3 Å². The average molecular weight is 668 g/mol. The van der Waals surface area contributed by atoms with Crippen LogP contribution < -0.4 is 16.5 Å². The van der Waals surface area contributed by atoms with Gasteiger partial charge in [0, 0.05) is 37.1 Å². The van der Waals surface area contributed by atoms with E-state index in [0.29, 0.717) is 35.3 Å². The zero-order valence-corrected chi connectivity index (χ0v) is 26.9. The quantitative estimate of drug-likeness (QED) is 0.0654. The molecule has 2 aliphatic rings. The Bertz CT molecular complexity index is 1490. The number of hydrazine groups is 1. The molecule has 2 saturated carbocycles. The number of para-hydroxylation sites is 1. The summed E-state index contributed by atoms with van der Waals surface area (Å²) < 4.78 is 82.1. The van der Waals surface area contributed by atoms with Crippen LogP contribution in [0.2, 0.25) is 0 Å². The van der Waals surface area contributed by atoms with Crippen molar-refractivity contribution in [2.24, 2.45) is 28.5 Å². The van der Waals surface area contributed by atoms with Crippen LogP contribution in [0.5, 0.6) is 0 Å². The summed E-state index contributed by atoms with van der Waals surface area (Å²) in [5.74, 6) is 7.34. The van der Waals surface area contributed by atoms with E-state index in [2.05, 4.69) is 10.0 Å². The van der Waals surface area contributed by atoms with Crippen molar-refractivity contribution in [1.29, 1.82) is 0 Å². The predicted molar refractivity (Wildman–Crippen MR) is 171 cm³/mol. The molecule has 0 spiro atoms. The van der Waals surface area contributed by atoms with Gasteiger partial charge in [-0.2, -0.15) is 26.3 Å². The van der Waals surface area contributed by atoms with Crippen molar-refractivity contribution in [1.82, 2.24) is 15.0 Å². The Morgan fingerprint density at radius 2 is 1.49 bits per heavy atom. The van der Waals surface area contributed by atoms with Crippen molar-refractivity contribution < 1.29 is 31.4 Å². The van der Waals surface area contributed by atoms with Crippen molar-refractivity contribution in [3.8, 4) is 0 Å². The summed E-state index contributed by atoms with van der Waals surface area (Å²) in [5, 5.41) is 15.0. The number of alkyl halides is 6. The molecule has 1 aromatic heterocycles. The van der Waals surface area contributed by atoms with Gasteiger partial charge in [0.05, 0.1) is 29.8 Å². The first-order valence-electron chi connectivity index (χ1n) is 15.9. The molecular weight excluding hydrogens is 624 g/mol. The Morgan fingerprint density at radius 1 is 0.915 bits per heavy atom. The highest BCUT2D eigenvalue weighted by Crippen LogP contribution is 2.39. The van der Waals surface area contributed by atoms with E-state index in [-0.39, 0.29) is 37.3 Å². The number of aromatic nitrogens is 1. The van der Waals surface area contributed by atoms with Gasteiger partial charge in [-0.3, -0.25) is 0 Å². The predicted octanol–water partition coefficient (Wildman–Crippen LogP) is 6.63. The summed E-state index contributed by atoms with van der Waals surface area (Å²) in [4.78, 5) is 8.73. The third-order valence-electron chi connectivity index (χ3n) is 8.02. The maximum Gasteiger partial charge on any atom is 0.416 e. The first-order valence-corrected chi connectivity index (χ1v) is 15.9. The second-order valence-corrected chi connectivity index (χ2v) is 12.0. The number of aryl methyl sites for hydroxylation is 1. The number of aliphatic hydroxyl groups is 1. The van der Waals surface area contributed by atoms with Gasteiger partial charge in [-0.05, 0) is 79.8 Å². The van der Waals surface area contributed by atoms with Gasteiger partial charge in [-0.25, -0.2) is 15.9 Å². The van der Waals surface area contributed by atoms with Crippen LogP contribution in [-0.2, 0) is 25.4 Å². The van der Waals surface area contributed by atoms with E-state index < -0.39 is 30.0 Å². The average Bonchev–Trinajstić information content (AvgIpc) is 3.94. The first kappa shape index (κ1) is 36.1. The third kappa shape index (κ3) is 9.86. The number of nitrogens with zero attached hydrogens (tertiary/aromatic N) is 5. The molecule has 0 amide bonds. The lowest BCUT2D eigenvalue weighted by Crippen LogP contribution is -2.41. The molecule has 0 saturated heterocycles. The third-order valence-corrected chi connectivity index (χ3v) is 8.02. The molecule has 2 aromatic carbocycles. The molecule has 47 heavy (non-hydrogen) atoms. The van der Waals surface area contributed by atoms with E-state index in [4.69, 9.17) is 16.6 Å². The number of halogens is 6. The lowest BCUT2D eigenvalue weighted by atomic mass is 10.0. The van der Waals surface area contributed by atoms with Crippen LogP contribution in [0, 0.1) is 18.8 Å². The molecule has 0 aliphatic heterocycles. The molecule has 8 nitrogen and oxygen atoms in total. The van der Waals surface area contributed by atoms with Crippen LogP contribution in [0.4, 0.5) is 32.2 Å². The highest BCUT2D eigenvalue weighted by Gasteiger charge is 2.37. The van der Waals surface area contributed by atoms with Crippen molar-refractivity contribution in [3.63, 3.8) is 0 Å². The minimum absolute atomic E-state index is 0.0298. The fourth-order valence-electron chi connectivity index (χ4n) is 5.34. The largest absolute Gasteiger partial charge is 0.416 e. The molecule has 258 valence electrons. The molecule has 14 heteroatoms. The summed E-state index contributed by atoms with van der Waals surface area (Å²) in [7, 11) is 0. The van der Waals surface area contributed by atoms with Crippen molar-refractivity contribution in [2.75, 3.05) is 31.1 Å². The van der Waals surface area contributed by atoms with Gasteiger partial charge in [0.15, 0.2) is 0 Å². The van der Waals surface area contributed by atoms with E-state index in [1.807, 2.05) is 45.0 Å². The van der Waals surface area contributed by atoms with E-state index in [9.17, 15) is 31.4 Å². The van der Waals surface area contributed by atoms with Gasteiger partial charge in [0.25, 0.3) is 0 Å². The van der Waals surface area contributed by atoms with Gasteiger partial charge < -0.3 is 20.6 Å². The number of rotatable bonds is 12. The molecule has 3 aromatic rings. The fraction of sp³-hybridized carbons (Fsp3) is 0.515. The number of fused-ring (bicyclic) bond motifs is 1. The van der Waals surface area contributed by atoms with Crippen molar-refractivity contribution in [2.45, 2.75) is 71.9 Å². The second kappa shape index (κ2) is 15.0. The standard InChI is InChI=1S/C31H37F6N7O.C2H6/c1-19-3-2-4-23-13-24(28(40-27(19)23)42(15-20-5-6-20)16-21-7-8-21)18-43(29(38)41-44(39)9-10-45)17-22-11-25(30(32,33)34)14-26(12-22)31(35,36)37;1-2/h2-4,11-14,20-21,45H,5-10,15-18,39H2,1H3,(H2,38,41);1-2H3. The Labute approximate surface area is 271 Å². The molecule has 1 heterocycles. The topological polar surface area (TPSA) is 107 Å². The van der Waals surface area contributed by atoms with Crippen LogP contribution in [0.25, 0.3) is 10.9 Å². The first-order chi connectivity index (χ1) is 22.2. The molecule has 0 bridgehead atoms. The Kier molecular flexibility index (Phi) is 11.5. The minimum atomic E-state index is -5.00. The van der Waals surface area contributed by atoms with E-state index in [0.717, 1.165) is 60.4 Å². The maximum absolute atomic E-state index is 13.7. The maximum atomic E-state index is 13.7.